The van der Waals surface area contributed by atoms with Crippen molar-refractivity contribution in [2.24, 2.45) is 0 Å². The largest absolute Gasteiger partial charge is 0.258 e. The molecule has 7 heavy (non-hydrogen) atoms. The molecular weight excluding hydrogens is 99.0 g/mol. The van der Waals surface area contributed by atoms with Gasteiger partial charge in [-0.25, -0.2) is 0 Å². The van der Waals surface area contributed by atoms with E-state index in [-0.39, 0.29) is 14.1 Å². The lowest BCUT2D eigenvalue weighted by Gasteiger charge is -2.26. The van der Waals surface area contributed by atoms with Crippen LogP contribution in [0.2, 0.25) is 16.4 Å². The highest BCUT2D eigenvalue weighted by Crippen LogP contribution is 2.34. The molecule has 0 aromatic rings. The van der Waals surface area contributed by atoms with Gasteiger partial charge in [-0.15, -0.1) is 11.6 Å². The van der Waals surface area contributed by atoms with E-state index in [0.717, 1.165) is 0 Å². The van der Waals surface area contributed by atoms with Crippen LogP contribution in [0.25, 0.3) is 0 Å². The molecule has 1 heteroatoms. The van der Waals surface area contributed by atoms with Crippen molar-refractivity contribution in [2.75, 3.05) is 0 Å². The molecule has 0 saturated heterocycles. The Balaban J connectivity index is 2.14. The molecule has 0 aromatic carbocycles. The smallest absolute Gasteiger partial charge is 0.106 e. The van der Waals surface area contributed by atoms with Crippen LogP contribution in [0.1, 0.15) is 19.3 Å². The molecule has 0 spiro atoms. The van der Waals surface area contributed by atoms with Gasteiger partial charge in [0.1, 0.15) is 0 Å². The van der Waals surface area contributed by atoms with Gasteiger partial charge in [0.25, 0.3) is 14.1 Å². The normalized spacial score (nSPS) is 21.4. The highest BCUT2D eigenvalue weighted by atomic mass is 27.2. The van der Waals surface area contributed by atoms with Crippen molar-refractivity contribution in [3.05, 3.63) is 0 Å². The summed E-state index contributed by atoms with van der Waals surface area (Å²) in [7, 11) is 0. The van der Waals surface area contributed by atoms with Crippen molar-refractivity contribution in [3.63, 3.8) is 0 Å². The summed E-state index contributed by atoms with van der Waals surface area (Å²) >= 11 is -0.178. The first-order chi connectivity index (χ1) is 3.30. The fraction of sp³-hybridized carbons (Fsp3) is 1.00. The Bertz CT molecular complexity index is 55.2. The second-order valence-electron chi connectivity index (χ2n) is 2.94. The minimum absolute atomic E-state index is 0.178. The summed E-state index contributed by atoms with van der Waals surface area (Å²) in [4.78, 5) is 0. The fourth-order valence-electron chi connectivity index (χ4n) is 1.11. The van der Waals surface area contributed by atoms with Gasteiger partial charge in [-0.2, -0.15) is 0 Å². The summed E-state index contributed by atoms with van der Waals surface area (Å²) in [5.41, 5.74) is 0. The van der Waals surface area contributed by atoms with Gasteiger partial charge >= 0.3 is 0 Å². The summed E-state index contributed by atoms with van der Waals surface area (Å²) in [6.07, 6.45) is 4.64. The molecular formula is C6H13Al. The predicted molar refractivity (Wildman–Crippen MR) is 35.1 cm³/mol. The van der Waals surface area contributed by atoms with Gasteiger partial charge in [0, 0.05) is 0 Å². The van der Waals surface area contributed by atoms with Crippen LogP contribution in [0.5, 0.6) is 0 Å². The molecule has 0 aromatic heterocycles. The van der Waals surface area contributed by atoms with Crippen molar-refractivity contribution in [1.82, 2.24) is 0 Å². The molecule has 0 unspecified atom stereocenters. The summed E-state index contributed by atoms with van der Waals surface area (Å²) in [6.45, 7) is 0. The first-order valence-electron chi connectivity index (χ1n) is 3.30. The lowest BCUT2D eigenvalue weighted by molar-refractivity contribution is 0.494. The van der Waals surface area contributed by atoms with Crippen molar-refractivity contribution in [3.8, 4) is 0 Å². The minimum Gasteiger partial charge on any atom is -0.106 e. The monoisotopic (exact) mass is 112 g/mol. The zero-order valence-electron chi connectivity index (χ0n) is 5.28. The van der Waals surface area contributed by atoms with E-state index in [1.807, 2.05) is 0 Å². The van der Waals surface area contributed by atoms with Crippen molar-refractivity contribution < 1.29 is 0 Å². The average molecular weight is 112 g/mol. The van der Waals surface area contributed by atoms with E-state index < -0.39 is 0 Å². The summed E-state index contributed by atoms with van der Waals surface area (Å²) in [5, 5.41) is 0. The van der Waals surface area contributed by atoms with Crippen LogP contribution < -0.4 is 0 Å². The highest BCUT2D eigenvalue weighted by molar-refractivity contribution is 6.57. The van der Waals surface area contributed by atoms with E-state index >= 15 is 0 Å². The maximum atomic E-state index is 2.46. The lowest BCUT2D eigenvalue weighted by Crippen LogP contribution is -2.18. The van der Waals surface area contributed by atoms with Crippen molar-refractivity contribution in [1.29, 1.82) is 0 Å². The number of hydrogen-bond acceptors (Lipinski definition) is 0. The molecule has 0 aliphatic heterocycles. The van der Waals surface area contributed by atoms with E-state index in [0.29, 0.717) is 0 Å². The average Bonchev–Trinajstić information content (AvgIpc) is 1.23. The van der Waals surface area contributed by atoms with Crippen molar-refractivity contribution >= 4 is 14.1 Å². The van der Waals surface area contributed by atoms with Gasteiger partial charge in [-0.05, 0) is 0 Å². The SMILES string of the molecule is [CH3][Al]([CH3])[CH]1CCC1. The Kier molecular flexibility index (Phi) is 1.78. The van der Waals surface area contributed by atoms with Gasteiger partial charge in [0.15, 0.2) is 0 Å². The van der Waals surface area contributed by atoms with Gasteiger partial charge in [-0.1, -0.05) is 24.0 Å². The Morgan fingerprint density at radius 1 is 1.29 bits per heavy atom. The molecule has 1 rings (SSSR count). The molecule has 1 aliphatic rings. The standard InChI is InChI=1S/C4H7.2CH3.Al/c1-2-4-3-1;;;/h1H,2-4H2;2*1H3;. The van der Waals surface area contributed by atoms with E-state index in [1.165, 1.54) is 11.2 Å². The highest BCUT2D eigenvalue weighted by Gasteiger charge is 2.23. The molecule has 0 nitrogen and oxygen atoms in total. The maximum Gasteiger partial charge on any atom is 0.258 e. The Hall–Kier alpha value is 0.532. The van der Waals surface area contributed by atoms with Crippen LogP contribution in [0.4, 0.5) is 0 Å². The molecule has 0 atom stereocenters. The first-order valence-corrected chi connectivity index (χ1v) is 6.28. The topological polar surface area (TPSA) is 0 Å². The second-order valence-corrected chi connectivity index (χ2v) is 6.37. The van der Waals surface area contributed by atoms with Crippen molar-refractivity contribution in [2.45, 2.75) is 35.6 Å². The van der Waals surface area contributed by atoms with Crippen LogP contribution in [-0.4, -0.2) is 14.1 Å². The van der Waals surface area contributed by atoms with Gasteiger partial charge in [0.05, 0.1) is 0 Å². The van der Waals surface area contributed by atoms with E-state index in [2.05, 4.69) is 11.6 Å². The van der Waals surface area contributed by atoms with Crippen LogP contribution in [0, 0.1) is 0 Å². The molecule has 40 valence electrons. The molecule has 0 radical (unpaired) electrons. The molecule has 1 saturated carbocycles. The van der Waals surface area contributed by atoms with E-state index in [4.69, 9.17) is 0 Å². The third-order valence-electron chi connectivity index (χ3n) is 2.09. The predicted octanol–water partition coefficient (Wildman–Crippen LogP) is 2.29. The van der Waals surface area contributed by atoms with Crippen LogP contribution in [0.3, 0.4) is 0 Å². The summed E-state index contributed by atoms with van der Waals surface area (Å²) in [5.74, 6) is 4.92. The van der Waals surface area contributed by atoms with Gasteiger partial charge in [0.2, 0.25) is 0 Å². The second kappa shape index (κ2) is 2.20. The molecule has 0 N–H and O–H groups in total. The molecule has 0 bridgehead atoms. The Morgan fingerprint density at radius 3 is 1.86 bits per heavy atom. The lowest BCUT2D eigenvalue weighted by atomic mass is 10.00. The fourth-order valence-corrected chi connectivity index (χ4v) is 2.91. The van der Waals surface area contributed by atoms with E-state index in [9.17, 15) is 0 Å². The molecule has 0 heterocycles. The quantitative estimate of drug-likeness (QED) is 0.456. The summed E-state index contributed by atoms with van der Waals surface area (Å²) < 4.78 is 1.22. The van der Waals surface area contributed by atoms with E-state index in [1.54, 1.807) is 12.8 Å². The van der Waals surface area contributed by atoms with Crippen LogP contribution >= 0.6 is 0 Å². The molecule has 1 fully saturated rings. The Morgan fingerprint density at radius 2 is 1.86 bits per heavy atom. The zero-order valence-corrected chi connectivity index (χ0v) is 6.43. The third kappa shape index (κ3) is 1.21. The summed E-state index contributed by atoms with van der Waals surface area (Å²) in [6, 6.07) is 0. The number of rotatable bonds is 1. The maximum absolute atomic E-state index is 2.46. The third-order valence-corrected chi connectivity index (χ3v) is 4.64. The number of hydrogen-bond donors (Lipinski definition) is 0. The zero-order chi connectivity index (χ0) is 5.28. The Labute approximate surface area is 50.3 Å². The first kappa shape index (κ1) is 5.67. The van der Waals surface area contributed by atoms with Crippen LogP contribution in [-0.2, 0) is 0 Å². The van der Waals surface area contributed by atoms with Crippen LogP contribution in [0.15, 0.2) is 0 Å². The van der Waals surface area contributed by atoms with Gasteiger partial charge < -0.3 is 0 Å². The van der Waals surface area contributed by atoms with Gasteiger partial charge in [-0.3, -0.25) is 0 Å². The molecule has 0 amide bonds. The minimum atomic E-state index is -0.178. The molecule has 1 aliphatic carbocycles.